The Labute approximate surface area is 208 Å². The molecule has 4 rings (SSSR count). The first kappa shape index (κ1) is 25.9. The van der Waals surface area contributed by atoms with Gasteiger partial charge in [-0.25, -0.2) is 0 Å². The van der Waals surface area contributed by atoms with E-state index in [0.717, 1.165) is 19.3 Å². The first-order valence-electron chi connectivity index (χ1n) is 13.2. The molecule has 2 fully saturated rings. The Morgan fingerprint density at radius 3 is 2.23 bits per heavy atom. The van der Waals surface area contributed by atoms with E-state index in [1.165, 1.54) is 0 Å². The number of fused-ring (bicyclic) bond motifs is 2. The van der Waals surface area contributed by atoms with Gasteiger partial charge in [-0.1, -0.05) is 58.4 Å². The molecule has 8 heteroatoms. The standard InChI is InChI=1S/C27H41N3O5/c1-6-8-14-29-16-10-12-27-21(24(33)30(22(27)25(29)34)19(17-31)18(3)4)20-23(32)28(13-7-2)15-9-11-26(20,5)35-27/h9-12,18-22,31H,6-8,13-17H2,1-5H3/t19-,20-,21-,22?,26+,27-/m0/s1. The van der Waals surface area contributed by atoms with Gasteiger partial charge in [0.1, 0.15) is 11.6 Å². The van der Waals surface area contributed by atoms with Crippen LogP contribution < -0.4 is 0 Å². The van der Waals surface area contributed by atoms with Gasteiger partial charge in [-0.2, -0.15) is 0 Å². The van der Waals surface area contributed by atoms with Crippen LogP contribution in [0.15, 0.2) is 24.3 Å². The van der Waals surface area contributed by atoms with Gasteiger partial charge in [-0.15, -0.1) is 0 Å². The molecule has 0 aromatic carbocycles. The first-order chi connectivity index (χ1) is 16.7. The van der Waals surface area contributed by atoms with Crippen molar-refractivity contribution in [1.29, 1.82) is 0 Å². The van der Waals surface area contributed by atoms with Crippen molar-refractivity contribution < 1.29 is 24.2 Å². The van der Waals surface area contributed by atoms with E-state index in [1.807, 2.05) is 52.0 Å². The number of carbonyl (C=O) groups is 3. The highest BCUT2D eigenvalue weighted by Crippen LogP contribution is 2.58. The molecule has 0 bridgehead atoms. The maximum Gasteiger partial charge on any atom is 0.249 e. The van der Waals surface area contributed by atoms with E-state index in [1.54, 1.807) is 14.7 Å². The summed E-state index contributed by atoms with van der Waals surface area (Å²) in [6, 6.07) is -1.46. The van der Waals surface area contributed by atoms with Gasteiger partial charge in [0, 0.05) is 26.2 Å². The first-order valence-corrected chi connectivity index (χ1v) is 13.2. The highest BCUT2D eigenvalue weighted by Gasteiger charge is 2.75. The lowest BCUT2D eigenvalue weighted by molar-refractivity contribution is -0.156. The monoisotopic (exact) mass is 487 g/mol. The quantitative estimate of drug-likeness (QED) is 0.529. The molecule has 4 aliphatic heterocycles. The number of likely N-dealkylation sites (tertiary alicyclic amines) is 1. The number of nitrogens with zero attached hydrogens (tertiary/aromatic N) is 3. The van der Waals surface area contributed by atoms with Crippen LogP contribution in [0, 0.1) is 17.8 Å². The second-order valence-electron chi connectivity index (χ2n) is 11.0. The van der Waals surface area contributed by atoms with Gasteiger partial charge < -0.3 is 24.5 Å². The number of unbranched alkanes of at least 4 members (excludes halogenated alkanes) is 1. The Morgan fingerprint density at radius 2 is 1.63 bits per heavy atom. The molecule has 0 radical (unpaired) electrons. The molecule has 2 saturated heterocycles. The normalized spacial score (nSPS) is 35.3. The summed E-state index contributed by atoms with van der Waals surface area (Å²) in [6.07, 6.45) is 10.3. The predicted molar refractivity (Wildman–Crippen MR) is 132 cm³/mol. The molecule has 0 aromatic rings. The van der Waals surface area contributed by atoms with Gasteiger partial charge in [-0.05, 0) is 25.7 Å². The van der Waals surface area contributed by atoms with E-state index in [-0.39, 0.29) is 30.2 Å². The molecule has 0 saturated carbocycles. The van der Waals surface area contributed by atoms with Crippen LogP contribution in [-0.4, -0.2) is 93.6 Å². The minimum Gasteiger partial charge on any atom is -0.394 e. The van der Waals surface area contributed by atoms with Crippen LogP contribution in [0.1, 0.15) is 53.9 Å². The van der Waals surface area contributed by atoms with Crippen molar-refractivity contribution in [3.05, 3.63) is 24.3 Å². The maximum absolute atomic E-state index is 14.3. The number of hydrogen-bond donors (Lipinski definition) is 1. The Kier molecular flexibility index (Phi) is 7.17. The Morgan fingerprint density at radius 1 is 0.971 bits per heavy atom. The summed E-state index contributed by atoms with van der Waals surface area (Å²) in [5.41, 5.74) is -2.26. The fourth-order valence-corrected chi connectivity index (χ4v) is 6.56. The van der Waals surface area contributed by atoms with Crippen molar-refractivity contribution in [2.45, 2.75) is 77.2 Å². The molecular formula is C27H41N3O5. The Hall–Kier alpha value is -2.19. The van der Waals surface area contributed by atoms with E-state index in [4.69, 9.17) is 4.74 Å². The lowest BCUT2D eigenvalue weighted by Gasteiger charge is -2.41. The van der Waals surface area contributed by atoms with Crippen molar-refractivity contribution in [1.82, 2.24) is 14.7 Å². The number of hydrogen-bond acceptors (Lipinski definition) is 5. The Bertz CT molecular complexity index is 916. The fraction of sp³-hybridized carbons (Fsp3) is 0.741. The molecule has 1 unspecified atom stereocenters. The number of carbonyl (C=O) groups excluding carboxylic acids is 3. The van der Waals surface area contributed by atoms with Crippen molar-refractivity contribution >= 4 is 17.7 Å². The third-order valence-electron chi connectivity index (χ3n) is 8.25. The van der Waals surface area contributed by atoms with Gasteiger partial charge in [-0.3, -0.25) is 14.4 Å². The summed E-state index contributed by atoms with van der Waals surface area (Å²) in [5.74, 6) is -2.18. The third-order valence-corrected chi connectivity index (χ3v) is 8.25. The lowest BCUT2D eigenvalue weighted by atomic mass is 9.74. The summed E-state index contributed by atoms with van der Waals surface area (Å²) < 4.78 is 6.81. The van der Waals surface area contributed by atoms with E-state index >= 15 is 0 Å². The summed E-state index contributed by atoms with van der Waals surface area (Å²) in [5, 5.41) is 10.3. The number of ether oxygens (including phenoxy) is 1. The van der Waals surface area contributed by atoms with Gasteiger partial charge in [0.15, 0.2) is 0 Å². The second kappa shape index (κ2) is 9.69. The van der Waals surface area contributed by atoms with E-state index < -0.39 is 35.1 Å². The zero-order valence-corrected chi connectivity index (χ0v) is 21.8. The molecule has 1 N–H and O–H groups in total. The van der Waals surface area contributed by atoms with Crippen LogP contribution in [0.5, 0.6) is 0 Å². The Balaban J connectivity index is 1.87. The van der Waals surface area contributed by atoms with Crippen molar-refractivity contribution in [2.24, 2.45) is 17.8 Å². The SMILES string of the molecule is CCCCN1CC=C[C@]23O[C@]4(C)C=CCN(CCC)C(=O)[C@@H]4[C@H]2C(=O)N([C@@H](CO)C(C)C)C3C1=O. The molecule has 1 spiro atoms. The van der Waals surface area contributed by atoms with Gasteiger partial charge in [0.05, 0.1) is 30.1 Å². The molecule has 0 aromatic heterocycles. The molecule has 6 atom stereocenters. The summed E-state index contributed by atoms with van der Waals surface area (Å²) in [4.78, 5) is 47.4. The smallest absolute Gasteiger partial charge is 0.249 e. The summed E-state index contributed by atoms with van der Waals surface area (Å²) in [6.45, 7) is 11.7. The molecule has 3 amide bonds. The molecular weight excluding hydrogens is 446 g/mol. The van der Waals surface area contributed by atoms with Crippen LogP contribution in [0.3, 0.4) is 0 Å². The van der Waals surface area contributed by atoms with Crippen molar-refractivity contribution in [2.75, 3.05) is 32.8 Å². The predicted octanol–water partition coefficient (Wildman–Crippen LogP) is 1.98. The molecule has 4 heterocycles. The number of aliphatic hydroxyl groups is 1. The highest BCUT2D eigenvalue weighted by atomic mass is 16.5. The molecule has 0 aliphatic carbocycles. The molecule has 194 valence electrons. The largest absolute Gasteiger partial charge is 0.394 e. The minimum atomic E-state index is -1.26. The van der Waals surface area contributed by atoms with Crippen LogP contribution in [0.4, 0.5) is 0 Å². The van der Waals surface area contributed by atoms with E-state index in [0.29, 0.717) is 26.2 Å². The zero-order chi connectivity index (χ0) is 25.5. The van der Waals surface area contributed by atoms with Gasteiger partial charge >= 0.3 is 0 Å². The highest BCUT2D eigenvalue weighted by molar-refractivity contribution is 6.00. The van der Waals surface area contributed by atoms with Gasteiger partial charge in [0.25, 0.3) is 0 Å². The third kappa shape index (κ3) is 3.93. The van der Waals surface area contributed by atoms with Crippen LogP contribution in [-0.2, 0) is 19.1 Å². The van der Waals surface area contributed by atoms with Crippen LogP contribution >= 0.6 is 0 Å². The van der Waals surface area contributed by atoms with Crippen LogP contribution in [0.2, 0.25) is 0 Å². The molecule has 4 aliphatic rings. The average Bonchev–Trinajstić information content (AvgIpc) is 3.08. The second-order valence-corrected chi connectivity index (χ2v) is 11.0. The molecule has 8 nitrogen and oxygen atoms in total. The topological polar surface area (TPSA) is 90.4 Å². The maximum atomic E-state index is 14.3. The van der Waals surface area contributed by atoms with Crippen molar-refractivity contribution in [3.63, 3.8) is 0 Å². The molecule has 35 heavy (non-hydrogen) atoms. The number of rotatable bonds is 8. The summed E-state index contributed by atoms with van der Waals surface area (Å²) in [7, 11) is 0. The lowest BCUT2D eigenvalue weighted by Crippen LogP contribution is -2.59. The van der Waals surface area contributed by atoms with Gasteiger partial charge in [0.2, 0.25) is 17.7 Å². The van der Waals surface area contributed by atoms with E-state index in [9.17, 15) is 19.5 Å². The fourth-order valence-electron chi connectivity index (χ4n) is 6.56. The van der Waals surface area contributed by atoms with E-state index in [2.05, 4.69) is 6.92 Å². The van der Waals surface area contributed by atoms with Crippen LogP contribution in [0.25, 0.3) is 0 Å². The summed E-state index contributed by atoms with van der Waals surface area (Å²) >= 11 is 0. The number of amides is 3. The minimum absolute atomic E-state index is 0.0725. The number of aliphatic hydroxyl groups excluding tert-OH is 1. The average molecular weight is 488 g/mol. The zero-order valence-electron chi connectivity index (χ0n) is 21.8. The van der Waals surface area contributed by atoms with Crippen molar-refractivity contribution in [3.8, 4) is 0 Å².